The molecule has 1 aliphatic heterocycles. The van der Waals surface area contributed by atoms with Gasteiger partial charge in [-0.1, -0.05) is 18.2 Å². The quantitative estimate of drug-likeness (QED) is 0.695. The lowest BCUT2D eigenvalue weighted by Crippen LogP contribution is -2.43. The van der Waals surface area contributed by atoms with Crippen LogP contribution >= 0.6 is 0 Å². The highest BCUT2D eigenvalue weighted by Gasteiger charge is 2.27. The van der Waals surface area contributed by atoms with Gasteiger partial charge in [-0.05, 0) is 11.6 Å². The van der Waals surface area contributed by atoms with Crippen LogP contribution in [0.4, 0.5) is 0 Å². The maximum Gasteiger partial charge on any atom is 0.272 e. The predicted molar refractivity (Wildman–Crippen MR) is 51.5 cm³/mol. The Balaban J connectivity index is 2.17. The highest BCUT2D eigenvalue weighted by molar-refractivity contribution is 5.99. The van der Waals surface area contributed by atoms with Crippen molar-refractivity contribution in [3.63, 3.8) is 0 Å². The van der Waals surface area contributed by atoms with Crippen LogP contribution in [-0.2, 0) is 11.3 Å². The molecular weight excluding hydrogens is 196 g/mol. The van der Waals surface area contributed by atoms with Gasteiger partial charge in [-0.15, -0.1) is 0 Å². The number of hydrogen-bond donors (Lipinski definition) is 2. The second kappa shape index (κ2) is 3.70. The summed E-state index contributed by atoms with van der Waals surface area (Å²) >= 11 is 0. The first kappa shape index (κ1) is 9.67. The maximum absolute atomic E-state index is 11.7. The van der Waals surface area contributed by atoms with Gasteiger partial charge in [-0.3, -0.25) is 15.0 Å². The van der Waals surface area contributed by atoms with Crippen LogP contribution in [0.3, 0.4) is 0 Å². The Hall–Kier alpha value is -1.88. The number of amides is 2. The third kappa shape index (κ3) is 1.69. The molecule has 0 saturated carbocycles. The molecule has 0 aliphatic carbocycles. The minimum Gasteiger partial charge on any atom is -0.386 e. The Bertz CT molecular complexity index is 417. The van der Waals surface area contributed by atoms with E-state index in [1.165, 1.54) is 5.01 Å². The normalized spacial score (nSPS) is 13.9. The molecule has 0 spiro atoms. The summed E-state index contributed by atoms with van der Waals surface area (Å²) in [4.78, 5) is 22.6. The van der Waals surface area contributed by atoms with Crippen molar-refractivity contribution in [1.29, 1.82) is 0 Å². The molecule has 1 heterocycles. The van der Waals surface area contributed by atoms with Crippen molar-refractivity contribution in [2.24, 2.45) is 0 Å². The van der Waals surface area contributed by atoms with Crippen LogP contribution in [0.5, 0.6) is 0 Å². The second-order valence-electron chi connectivity index (χ2n) is 3.24. The zero-order valence-corrected chi connectivity index (χ0v) is 7.93. The minimum absolute atomic E-state index is 0.243. The number of benzene rings is 1. The van der Waals surface area contributed by atoms with E-state index in [1.807, 2.05) is 12.1 Å². The van der Waals surface area contributed by atoms with Crippen molar-refractivity contribution < 1.29 is 14.7 Å². The molecule has 5 heteroatoms. The molecule has 1 aromatic rings. The highest BCUT2D eigenvalue weighted by atomic mass is 16.3. The summed E-state index contributed by atoms with van der Waals surface area (Å²) in [6, 6.07) is 7.15. The molecule has 0 saturated heterocycles. The summed E-state index contributed by atoms with van der Waals surface area (Å²) in [5.41, 5.74) is 3.79. The first-order valence-electron chi connectivity index (χ1n) is 4.52. The number of aliphatic hydroxyl groups is 1. The summed E-state index contributed by atoms with van der Waals surface area (Å²) in [5.74, 6) is -0.830. The van der Waals surface area contributed by atoms with E-state index in [9.17, 15) is 9.59 Å². The number of nitrogens with one attached hydrogen (secondary N) is 1. The topological polar surface area (TPSA) is 69.6 Å². The molecule has 2 N–H and O–H groups in total. The number of carbonyl (C=O) groups is 2. The lowest BCUT2D eigenvalue weighted by molar-refractivity contribution is -0.127. The summed E-state index contributed by atoms with van der Waals surface area (Å²) in [7, 11) is 0. The van der Waals surface area contributed by atoms with Crippen LogP contribution < -0.4 is 5.43 Å². The van der Waals surface area contributed by atoms with E-state index in [0.717, 1.165) is 5.56 Å². The molecule has 0 atom stereocenters. The van der Waals surface area contributed by atoms with Gasteiger partial charge < -0.3 is 5.11 Å². The molecule has 0 fully saturated rings. The van der Waals surface area contributed by atoms with Crippen LogP contribution in [0.15, 0.2) is 24.3 Å². The van der Waals surface area contributed by atoms with Crippen molar-refractivity contribution in [3.8, 4) is 0 Å². The number of aliphatic hydroxyl groups excluding tert-OH is 1. The number of nitrogens with zero attached hydrogens (tertiary/aromatic N) is 1. The van der Waals surface area contributed by atoms with Gasteiger partial charge in [-0.25, -0.2) is 5.01 Å². The lowest BCUT2D eigenvalue weighted by Gasteiger charge is -2.15. The van der Waals surface area contributed by atoms with E-state index in [-0.39, 0.29) is 5.91 Å². The first-order chi connectivity index (χ1) is 7.22. The molecule has 78 valence electrons. The zero-order chi connectivity index (χ0) is 10.8. The summed E-state index contributed by atoms with van der Waals surface area (Å²) in [5, 5.41) is 9.75. The minimum atomic E-state index is -0.625. The van der Waals surface area contributed by atoms with Crippen molar-refractivity contribution in [2.45, 2.75) is 6.54 Å². The Morgan fingerprint density at radius 1 is 1.47 bits per heavy atom. The largest absolute Gasteiger partial charge is 0.386 e. The van der Waals surface area contributed by atoms with Gasteiger partial charge in [0.2, 0.25) is 0 Å². The van der Waals surface area contributed by atoms with E-state index >= 15 is 0 Å². The Kier molecular flexibility index (Phi) is 2.39. The van der Waals surface area contributed by atoms with Crippen LogP contribution in [0, 0.1) is 0 Å². The Labute approximate surface area is 86.3 Å². The standard InChI is InChI=1S/C10H10N2O3/c13-6-9(14)11-12-5-7-3-1-2-4-8(7)10(12)15/h1-4,13H,5-6H2,(H,11,14). The fourth-order valence-corrected chi connectivity index (χ4v) is 1.53. The smallest absolute Gasteiger partial charge is 0.272 e. The van der Waals surface area contributed by atoms with Gasteiger partial charge in [0.15, 0.2) is 0 Å². The molecule has 0 aromatic heterocycles. The van der Waals surface area contributed by atoms with E-state index in [2.05, 4.69) is 5.43 Å². The fourth-order valence-electron chi connectivity index (χ4n) is 1.53. The number of hydrogen-bond acceptors (Lipinski definition) is 3. The van der Waals surface area contributed by atoms with Crippen molar-refractivity contribution in [2.75, 3.05) is 6.61 Å². The SMILES string of the molecule is O=C(CO)NN1Cc2ccccc2C1=O. The monoisotopic (exact) mass is 206 g/mol. The molecule has 2 amide bonds. The number of rotatable bonds is 2. The van der Waals surface area contributed by atoms with Crippen molar-refractivity contribution in [3.05, 3.63) is 35.4 Å². The number of fused-ring (bicyclic) bond motifs is 1. The van der Waals surface area contributed by atoms with Gasteiger partial charge in [0, 0.05) is 5.56 Å². The van der Waals surface area contributed by atoms with E-state index in [4.69, 9.17) is 5.11 Å². The third-order valence-corrected chi connectivity index (χ3v) is 2.22. The highest BCUT2D eigenvalue weighted by Crippen LogP contribution is 2.20. The number of carbonyl (C=O) groups excluding carboxylic acids is 2. The van der Waals surface area contributed by atoms with Crippen LogP contribution in [0.25, 0.3) is 0 Å². The molecular formula is C10H10N2O3. The summed E-state index contributed by atoms with van der Waals surface area (Å²) in [6.45, 7) is -0.277. The average Bonchev–Trinajstić information content (AvgIpc) is 2.57. The average molecular weight is 206 g/mol. The van der Waals surface area contributed by atoms with Crippen LogP contribution in [-0.4, -0.2) is 28.5 Å². The van der Waals surface area contributed by atoms with Gasteiger partial charge >= 0.3 is 0 Å². The summed E-state index contributed by atoms with van der Waals surface area (Å²) < 4.78 is 0. The van der Waals surface area contributed by atoms with E-state index in [1.54, 1.807) is 12.1 Å². The molecule has 15 heavy (non-hydrogen) atoms. The van der Waals surface area contributed by atoms with Gasteiger partial charge in [0.1, 0.15) is 6.61 Å². The third-order valence-electron chi connectivity index (χ3n) is 2.22. The summed E-state index contributed by atoms with van der Waals surface area (Å²) in [6.07, 6.45) is 0. The van der Waals surface area contributed by atoms with E-state index < -0.39 is 12.5 Å². The Morgan fingerprint density at radius 2 is 2.20 bits per heavy atom. The van der Waals surface area contributed by atoms with Crippen LogP contribution in [0.1, 0.15) is 15.9 Å². The lowest BCUT2D eigenvalue weighted by atomic mass is 10.1. The zero-order valence-electron chi connectivity index (χ0n) is 7.93. The molecule has 0 radical (unpaired) electrons. The molecule has 1 aliphatic rings. The van der Waals surface area contributed by atoms with Crippen LogP contribution in [0.2, 0.25) is 0 Å². The predicted octanol–water partition coefficient (Wildman–Crippen LogP) is -0.334. The van der Waals surface area contributed by atoms with Crippen molar-refractivity contribution >= 4 is 11.8 Å². The molecule has 1 aromatic carbocycles. The molecule has 0 unspecified atom stereocenters. The molecule has 2 rings (SSSR count). The van der Waals surface area contributed by atoms with Gasteiger partial charge in [0.25, 0.3) is 11.8 Å². The second-order valence-corrected chi connectivity index (χ2v) is 3.24. The first-order valence-corrected chi connectivity index (χ1v) is 4.52. The Morgan fingerprint density at radius 3 is 2.87 bits per heavy atom. The maximum atomic E-state index is 11.7. The molecule has 5 nitrogen and oxygen atoms in total. The number of hydrazine groups is 1. The molecule has 0 bridgehead atoms. The van der Waals surface area contributed by atoms with E-state index in [0.29, 0.717) is 12.1 Å². The van der Waals surface area contributed by atoms with Crippen molar-refractivity contribution in [1.82, 2.24) is 10.4 Å². The van der Waals surface area contributed by atoms with Gasteiger partial charge in [0.05, 0.1) is 6.54 Å². The van der Waals surface area contributed by atoms with Gasteiger partial charge in [-0.2, -0.15) is 0 Å². The fraction of sp³-hybridized carbons (Fsp3) is 0.200.